The molecular formula is C20H32O7. The van der Waals surface area contributed by atoms with Gasteiger partial charge >= 0.3 is 12.3 Å². The molecule has 0 aliphatic heterocycles. The molecule has 0 rings (SSSR count). The summed E-state index contributed by atoms with van der Waals surface area (Å²) in [6, 6.07) is 0. The highest BCUT2D eigenvalue weighted by molar-refractivity contribution is 5.77. The predicted molar refractivity (Wildman–Crippen MR) is 102 cm³/mol. The van der Waals surface area contributed by atoms with Gasteiger partial charge in [0.2, 0.25) is 0 Å². The number of carbonyl (C=O) groups excluding carboxylic acids is 2. The van der Waals surface area contributed by atoms with Crippen molar-refractivity contribution in [2.24, 2.45) is 0 Å². The molecule has 0 fully saturated rings. The van der Waals surface area contributed by atoms with Gasteiger partial charge in [0.05, 0.1) is 0 Å². The zero-order valence-corrected chi connectivity index (χ0v) is 17.5. The van der Waals surface area contributed by atoms with Gasteiger partial charge in [-0.2, -0.15) is 0 Å². The lowest BCUT2D eigenvalue weighted by Crippen LogP contribution is -2.32. The van der Waals surface area contributed by atoms with Crippen LogP contribution in [-0.4, -0.2) is 45.9 Å². The van der Waals surface area contributed by atoms with Crippen molar-refractivity contribution in [3.8, 4) is 23.7 Å². The Bertz CT molecular complexity index is 529. The normalized spacial score (nSPS) is 12.5. The minimum Gasteiger partial charge on any atom is -0.428 e. The second-order valence-electron chi connectivity index (χ2n) is 6.92. The molecule has 7 nitrogen and oxygen atoms in total. The number of hydrogen-bond donors (Lipinski definition) is 2. The molecule has 2 unspecified atom stereocenters. The van der Waals surface area contributed by atoms with Crippen LogP contribution in [0.4, 0.5) is 9.59 Å². The van der Waals surface area contributed by atoms with Gasteiger partial charge in [0.25, 0.3) is 0 Å². The van der Waals surface area contributed by atoms with Crippen LogP contribution in [0.15, 0.2) is 0 Å². The second kappa shape index (κ2) is 13.0. The average molecular weight is 384 g/mol. The third-order valence-electron chi connectivity index (χ3n) is 3.21. The van der Waals surface area contributed by atoms with Crippen LogP contribution in [0, 0.1) is 23.7 Å². The topological polar surface area (TPSA) is 102 Å². The van der Waals surface area contributed by atoms with Crippen molar-refractivity contribution in [1.82, 2.24) is 0 Å². The lowest BCUT2D eigenvalue weighted by atomic mass is 10.1. The van der Waals surface area contributed by atoms with Gasteiger partial charge in [-0.05, 0) is 66.2 Å². The Kier molecular flexibility index (Phi) is 13.0. The lowest BCUT2D eigenvalue weighted by Gasteiger charge is -2.24. The van der Waals surface area contributed by atoms with Crippen LogP contribution in [0.1, 0.15) is 68.2 Å². The Morgan fingerprint density at radius 2 is 1.11 bits per heavy atom. The molecule has 0 aromatic rings. The van der Waals surface area contributed by atoms with Gasteiger partial charge in [-0.1, -0.05) is 25.7 Å². The summed E-state index contributed by atoms with van der Waals surface area (Å²) in [6.45, 7) is 13.8. The summed E-state index contributed by atoms with van der Waals surface area (Å²) < 4.78 is 14.3. The summed E-state index contributed by atoms with van der Waals surface area (Å²) in [5.74, 6) is 9.63. The third kappa shape index (κ3) is 18.4. The Balaban J connectivity index is 0. The lowest BCUT2D eigenvalue weighted by molar-refractivity contribution is -0.0401. The van der Waals surface area contributed by atoms with Crippen molar-refractivity contribution in [2.45, 2.75) is 91.6 Å². The van der Waals surface area contributed by atoms with Crippen molar-refractivity contribution < 1.29 is 34.0 Å². The quantitative estimate of drug-likeness (QED) is 0.435. The van der Waals surface area contributed by atoms with E-state index in [0.717, 1.165) is 0 Å². The predicted octanol–water partition coefficient (Wildman–Crippen LogP) is 3.41. The largest absolute Gasteiger partial charge is 0.519 e. The summed E-state index contributed by atoms with van der Waals surface area (Å²) in [4.78, 5) is 22.5. The molecule has 0 spiro atoms. The Labute approximate surface area is 162 Å². The molecule has 7 heteroatoms. The van der Waals surface area contributed by atoms with Crippen LogP contribution < -0.4 is 0 Å². The van der Waals surface area contributed by atoms with E-state index < -0.39 is 35.7 Å². The summed E-state index contributed by atoms with van der Waals surface area (Å²) in [5.41, 5.74) is -1.31. The summed E-state index contributed by atoms with van der Waals surface area (Å²) in [6.07, 6.45) is -2.12. The number of carbonyl (C=O) groups is 2. The fourth-order valence-electron chi connectivity index (χ4n) is 0.986. The number of hydrogen-bond acceptors (Lipinski definition) is 7. The van der Waals surface area contributed by atoms with E-state index in [0.29, 0.717) is 12.8 Å². The average Bonchev–Trinajstić information content (AvgIpc) is 2.50. The van der Waals surface area contributed by atoms with Gasteiger partial charge < -0.3 is 24.4 Å². The number of aliphatic hydroxyl groups excluding tert-OH is 2. The molecule has 0 saturated carbocycles. The van der Waals surface area contributed by atoms with Crippen LogP contribution in [-0.2, 0) is 14.2 Å². The summed E-state index contributed by atoms with van der Waals surface area (Å²) in [5, 5.41) is 17.2. The Morgan fingerprint density at radius 3 is 1.33 bits per heavy atom. The van der Waals surface area contributed by atoms with Crippen LogP contribution in [0.5, 0.6) is 0 Å². The molecule has 0 amide bonds. The van der Waals surface area contributed by atoms with Crippen molar-refractivity contribution in [3.63, 3.8) is 0 Å². The zero-order valence-electron chi connectivity index (χ0n) is 17.5. The number of ether oxygens (including phenoxy) is 3. The molecule has 154 valence electrons. The van der Waals surface area contributed by atoms with E-state index in [2.05, 4.69) is 28.4 Å². The molecule has 0 aliphatic rings. The molecule has 2 atom stereocenters. The smallest absolute Gasteiger partial charge is 0.428 e. The minimum atomic E-state index is -1.03. The van der Waals surface area contributed by atoms with Crippen LogP contribution in [0.2, 0.25) is 0 Å². The van der Waals surface area contributed by atoms with E-state index in [1.807, 2.05) is 13.8 Å². The molecule has 0 aliphatic carbocycles. The van der Waals surface area contributed by atoms with E-state index in [1.54, 1.807) is 41.5 Å². The van der Waals surface area contributed by atoms with Crippen LogP contribution >= 0.6 is 0 Å². The molecular weight excluding hydrogens is 352 g/mol. The van der Waals surface area contributed by atoms with E-state index in [-0.39, 0.29) is 0 Å². The fourth-order valence-corrected chi connectivity index (χ4v) is 0.986. The minimum absolute atomic E-state index is 0.623. The molecule has 27 heavy (non-hydrogen) atoms. The summed E-state index contributed by atoms with van der Waals surface area (Å²) >= 11 is 0. The van der Waals surface area contributed by atoms with Crippen LogP contribution in [0.25, 0.3) is 0 Å². The van der Waals surface area contributed by atoms with Gasteiger partial charge in [0.15, 0.2) is 0 Å². The number of aliphatic hydroxyl groups is 2. The van der Waals surface area contributed by atoms with Crippen molar-refractivity contribution in [2.75, 3.05) is 0 Å². The first-order chi connectivity index (χ1) is 12.2. The Hall–Kier alpha value is -2.22. The standard InChI is InChI=1S/C12H22O5.C8H10O2/c1-7-11(3,4)16-9(13)15-10(14)17-12(5,6)8-2;1-7(9)5-3-4-6-8(2)10/h7-8H2,1-6H3;7-10H,1-2H3. The highest BCUT2D eigenvalue weighted by Crippen LogP contribution is 2.17. The molecule has 0 radical (unpaired) electrons. The SMILES string of the molecule is CC(O)C#CC#CC(C)O.CCC(C)(C)OC(=O)OC(=O)OC(C)(C)CC. The molecule has 0 saturated heterocycles. The van der Waals surface area contributed by atoms with Crippen LogP contribution in [0.3, 0.4) is 0 Å². The molecule has 0 heterocycles. The highest BCUT2D eigenvalue weighted by atomic mass is 16.8. The Morgan fingerprint density at radius 1 is 0.815 bits per heavy atom. The first-order valence-electron chi connectivity index (χ1n) is 8.75. The second-order valence-corrected chi connectivity index (χ2v) is 6.92. The molecule has 0 aromatic heterocycles. The molecule has 0 bridgehead atoms. The maximum atomic E-state index is 11.3. The van der Waals surface area contributed by atoms with E-state index in [9.17, 15) is 9.59 Å². The van der Waals surface area contributed by atoms with Gasteiger partial charge in [-0.3, -0.25) is 0 Å². The first-order valence-corrected chi connectivity index (χ1v) is 8.75. The zero-order chi connectivity index (χ0) is 21.7. The molecule has 2 N–H and O–H groups in total. The third-order valence-corrected chi connectivity index (χ3v) is 3.21. The highest BCUT2D eigenvalue weighted by Gasteiger charge is 2.27. The van der Waals surface area contributed by atoms with E-state index in [4.69, 9.17) is 19.7 Å². The maximum absolute atomic E-state index is 11.3. The van der Waals surface area contributed by atoms with Crippen molar-refractivity contribution in [1.29, 1.82) is 0 Å². The van der Waals surface area contributed by atoms with E-state index >= 15 is 0 Å². The van der Waals surface area contributed by atoms with Gasteiger partial charge in [-0.15, -0.1) is 0 Å². The summed E-state index contributed by atoms with van der Waals surface area (Å²) in [7, 11) is 0. The number of rotatable bonds is 4. The maximum Gasteiger partial charge on any atom is 0.519 e. The molecule has 0 aromatic carbocycles. The fraction of sp³-hybridized carbons (Fsp3) is 0.700. The van der Waals surface area contributed by atoms with E-state index in [1.165, 1.54) is 0 Å². The van der Waals surface area contributed by atoms with Gasteiger partial charge in [0, 0.05) is 0 Å². The first kappa shape index (κ1) is 27.0. The van der Waals surface area contributed by atoms with Gasteiger partial charge in [0.1, 0.15) is 23.4 Å². The monoisotopic (exact) mass is 384 g/mol. The van der Waals surface area contributed by atoms with Crippen molar-refractivity contribution in [3.05, 3.63) is 0 Å². The van der Waals surface area contributed by atoms with Crippen molar-refractivity contribution >= 4 is 12.3 Å². The van der Waals surface area contributed by atoms with Gasteiger partial charge in [-0.25, -0.2) is 9.59 Å².